The van der Waals surface area contributed by atoms with Gasteiger partial charge >= 0.3 is 0 Å². The van der Waals surface area contributed by atoms with Crippen molar-refractivity contribution in [1.82, 2.24) is 9.88 Å². The highest BCUT2D eigenvalue weighted by Crippen LogP contribution is 2.29. The lowest BCUT2D eigenvalue weighted by Crippen LogP contribution is -2.54. The third-order valence-electron chi connectivity index (χ3n) is 6.06. The van der Waals surface area contributed by atoms with Crippen LogP contribution in [0, 0.1) is 13.8 Å². The van der Waals surface area contributed by atoms with Gasteiger partial charge in [-0.25, -0.2) is 0 Å². The molecule has 174 valence electrons. The first kappa shape index (κ1) is 23.2. The largest absolute Gasteiger partial charge is 0.342 e. The summed E-state index contributed by atoms with van der Waals surface area (Å²) >= 11 is 8.82. The van der Waals surface area contributed by atoms with Crippen molar-refractivity contribution in [1.29, 1.82) is 0 Å². The van der Waals surface area contributed by atoms with Crippen LogP contribution in [-0.4, -0.2) is 21.5 Å². The van der Waals surface area contributed by atoms with Crippen LogP contribution >= 0.6 is 28.1 Å². The number of carbonyl (C=O) groups excluding carboxylic acids is 2. The molecule has 35 heavy (non-hydrogen) atoms. The normalized spacial score (nSPS) is 15.2. The number of carbonyl (C=O) groups is 2. The molecule has 0 atom stereocenters. The van der Waals surface area contributed by atoms with Gasteiger partial charge in [-0.15, -0.1) is 0 Å². The number of amides is 2. The van der Waals surface area contributed by atoms with Gasteiger partial charge in [-0.1, -0.05) is 64.0 Å². The highest BCUT2D eigenvalue weighted by molar-refractivity contribution is 9.10. The van der Waals surface area contributed by atoms with E-state index in [-0.39, 0.29) is 10.7 Å². The quantitative estimate of drug-likeness (QED) is 0.198. The van der Waals surface area contributed by atoms with E-state index in [1.165, 1.54) is 16.0 Å². The number of nitrogens with one attached hydrogen (secondary N) is 1. The molecule has 1 fully saturated rings. The summed E-state index contributed by atoms with van der Waals surface area (Å²) in [5, 5.41) is 3.72. The van der Waals surface area contributed by atoms with Crippen molar-refractivity contribution in [2.45, 2.75) is 20.4 Å². The average Bonchev–Trinajstić information content (AvgIpc) is 3.15. The predicted octanol–water partition coefficient (Wildman–Crippen LogP) is 5.90. The summed E-state index contributed by atoms with van der Waals surface area (Å²) < 4.78 is 3.04. The molecule has 1 saturated heterocycles. The average molecular weight is 544 g/mol. The monoisotopic (exact) mass is 543 g/mol. The van der Waals surface area contributed by atoms with Crippen molar-refractivity contribution in [2.24, 2.45) is 0 Å². The first-order valence-electron chi connectivity index (χ1n) is 11.1. The van der Waals surface area contributed by atoms with Gasteiger partial charge in [0.15, 0.2) is 5.11 Å². The summed E-state index contributed by atoms with van der Waals surface area (Å²) in [6, 6.07) is 21.9. The molecule has 1 aromatic heterocycles. The maximum Gasteiger partial charge on any atom is 0.270 e. The Labute approximate surface area is 217 Å². The highest BCUT2D eigenvalue weighted by Gasteiger charge is 2.35. The van der Waals surface area contributed by atoms with Gasteiger partial charge in [0.25, 0.3) is 11.8 Å². The zero-order chi connectivity index (χ0) is 24.7. The number of hydrogen-bond donors (Lipinski definition) is 1. The highest BCUT2D eigenvalue weighted by atomic mass is 79.9. The van der Waals surface area contributed by atoms with Crippen LogP contribution in [-0.2, 0) is 16.1 Å². The number of aromatic nitrogens is 1. The van der Waals surface area contributed by atoms with Crippen LogP contribution in [0.5, 0.6) is 0 Å². The van der Waals surface area contributed by atoms with Gasteiger partial charge in [0.2, 0.25) is 0 Å². The molecule has 1 N–H and O–H groups in total. The third kappa shape index (κ3) is 4.45. The molecule has 1 aliphatic rings. The van der Waals surface area contributed by atoms with E-state index in [2.05, 4.69) is 50.9 Å². The summed E-state index contributed by atoms with van der Waals surface area (Å²) in [7, 11) is 0. The maximum atomic E-state index is 13.6. The van der Waals surface area contributed by atoms with Crippen molar-refractivity contribution < 1.29 is 9.59 Å². The van der Waals surface area contributed by atoms with Crippen LogP contribution in [0.25, 0.3) is 17.0 Å². The van der Waals surface area contributed by atoms with Gasteiger partial charge in [-0.05, 0) is 67.5 Å². The lowest BCUT2D eigenvalue weighted by molar-refractivity contribution is -0.122. The van der Waals surface area contributed by atoms with E-state index in [9.17, 15) is 9.59 Å². The fourth-order valence-corrected chi connectivity index (χ4v) is 5.18. The number of halogens is 1. The van der Waals surface area contributed by atoms with Crippen molar-refractivity contribution in [3.8, 4) is 0 Å². The van der Waals surface area contributed by atoms with E-state index in [1.54, 1.807) is 6.08 Å². The Morgan fingerprint density at radius 2 is 1.80 bits per heavy atom. The number of aryl methyl sites for hydroxylation is 2. The number of fused-ring (bicyclic) bond motifs is 1. The summed E-state index contributed by atoms with van der Waals surface area (Å²) in [4.78, 5) is 27.8. The van der Waals surface area contributed by atoms with E-state index in [1.807, 2.05) is 61.7 Å². The van der Waals surface area contributed by atoms with Crippen LogP contribution < -0.4 is 10.2 Å². The van der Waals surface area contributed by atoms with Gasteiger partial charge < -0.3 is 4.57 Å². The molecular formula is C28H22BrN3O2S. The minimum absolute atomic E-state index is 0.0411. The Kier molecular flexibility index (Phi) is 6.13. The molecule has 5 rings (SSSR count). The molecule has 0 aliphatic carbocycles. The molecular weight excluding hydrogens is 522 g/mol. The molecule has 0 radical (unpaired) electrons. The van der Waals surface area contributed by atoms with Gasteiger partial charge in [0.05, 0.1) is 5.69 Å². The topological polar surface area (TPSA) is 54.3 Å². The predicted molar refractivity (Wildman–Crippen MR) is 147 cm³/mol. The van der Waals surface area contributed by atoms with Crippen molar-refractivity contribution in [2.75, 3.05) is 4.90 Å². The van der Waals surface area contributed by atoms with Crippen molar-refractivity contribution in [3.05, 3.63) is 105 Å². The van der Waals surface area contributed by atoms with Gasteiger partial charge in [-0.2, -0.15) is 0 Å². The molecule has 5 nitrogen and oxygen atoms in total. The lowest BCUT2D eigenvalue weighted by atomic mass is 10.1. The van der Waals surface area contributed by atoms with Crippen LogP contribution in [0.3, 0.4) is 0 Å². The molecule has 0 unspecified atom stereocenters. The molecule has 0 bridgehead atoms. The summed E-state index contributed by atoms with van der Waals surface area (Å²) in [5.74, 6) is -0.943. The maximum absolute atomic E-state index is 13.6. The number of anilines is 1. The van der Waals surface area contributed by atoms with Crippen molar-refractivity contribution >= 4 is 67.7 Å². The molecule has 1 aliphatic heterocycles. The van der Waals surface area contributed by atoms with Gasteiger partial charge in [-0.3, -0.25) is 19.8 Å². The van der Waals surface area contributed by atoms with E-state index >= 15 is 0 Å². The first-order chi connectivity index (χ1) is 16.8. The van der Waals surface area contributed by atoms with Crippen LogP contribution in [0.15, 0.2) is 83.0 Å². The van der Waals surface area contributed by atoms with Crippen LogP contribution in [0.1, 0.15) is 22.3 Å². The summed E-state index contributed by atoms with van der Waals surface area (Å²) in [6.07, 6.45) is 3.65. The van der Waals surface area contributed by atoms with E-state index in [4.69, 9.17) is 12.2 Å². The molecule has 7 heteroatoms. The summed E-state index contributed by atoms with van der Waals surface area (Å²) in [5.41, 5.74) is 5.74. The Hall–Kier alpha value is -3.55. The Balaban J connectivity index is 1.58. The third-order valence-corrected chi connectivity index (χ3v) is 6.83. The molecule has 2 heterocycles. The van der Waals surface area contributed by atoms with Crippen LogP contribution in [0.2, 0.25) is 0 Å². The Morgan fingerprint density at radius 3 is 2.57 bits per heavy atom. The fraction of sp³-hybridized carbons (Fsp3) is 0.107. The molecule has 0 spiro atoms. The van der Waals surface area contributed by atoms with Crippen LogP contribution in [0.4, 0.5) is 5.69 Å². The number of benzene rings is 3. The molecule has 3 aromatic carbocycles. The number of para-hydroxylation sites is 1. The number of thiocarbonyl (C=S) groups is 1. The number of hydrogen-bond acceptors (Lipinski definition) is 3. The molecule has 4 aromatic rings. The second kappa shape index (κ2) is 9.24. The van der Waals surface area contributed by atoms with E-state index in [0.717, 1.165) is 26.5 Å². The smallest absolute Gasteiger partial charge is 0.270 e. The molecule has 0 saturated carbocycles. The minimum atomic E-state index is -0.499. The lowest BCUT2D eigenvalue weighted by Gasteiger charge is -2.30. The number of nitrogens with zero attached hydrogens (tertiary/aromatic N) is 2. The zero-order valence-electron chi connectivity index (χ0n) is 19.2. The molecule has 2 amide bonds. The fourth-order valence-electron chi connectivity index (χ4n) is 4.43. The minimum Gasteiger partial charge on any atom is -0.342 e. The second-order valence-electron chi connectivity index (χ2n) is 8.61. The van der Waals surface area contributed by atoms with Gasteiger partial charge in [0, 0.05) is 33.7 Å². The standard InChI is InChI=1S/C28H22BrN3O2S/c1-17-6-5-7-19(12-17)15-31-16-20(22-8-3-4-9-25(22)31)14-23-26(33)30-28(35)32(27(23)34)24-11-10-21(29)13-18(24)2/h3-14,16H,15H2,1-2H3,(H,30,33,35)/b23-14+. The Bertz CT molecular complexity index is 1550. The number of rotatable bonds is 4. The zero-order valence-corrected chi connectivity index (χ0v) is 21.6. The Morgan fingerprint density at radius 1 is 1.00 bits per heavy atom. The van der Waals surface area contributed by atoms with Gasteiger partial charge in [0.1, 0.15) is 5.57 Å². The SMILES string of the molecule is Cc1cccc(Cn2cc(/C=C3\C(=O)NC(=S)N(c4ccc(Br)cc4C)C3=O)c3ccccc32)c1. The van der Waals surface area contributed by atoms with E-state index < -0.39 is 11.8 Å². The second-order valence-corrected chi connectivity index (χ2v) is 9.91. The first-order valence-corrected chi connectivity index (χ1v) is 12.3. The van der Waals surface area contributed by atoms with Crippen molar-refractivity contribution in [3.63, 3.8) is 0 Å². The summed E-state index contributed by atoms with van der Waals surface area (Å²) in [6.45, 7) is 4.65. The van der Waals surface area contributed by atoms with E-state index in [0.29, 0.717) is 12.2 Å².